The second-order valence-corrected chi connectivity index (χ2v) is 6.09. The molecule has 1 aliphatic heterocycles. The number of rotatable bonds is 5. The van der Waals surface area contributed by atoms with Crippen molar-refractivity contribution < 1.29 is 9.15 Å². The van der Waals surface area contributed by atoms with E-state index in [4.69, 9.17) is 14.1 Å². The summed E-state index contributed by atoms with van der Waals surface area (Å²) in [5.74, 6) is 3.09. The van der Waals surface area contributed by atoms with Crippen molar-refractivity contribution in [2.45, 2.75) is 52.3 Å². The molecule has 120 valence electrons. The van der Waals surface area contributed by atoms with E-state index < -0.39 is 0 Å². The first-order valence-electron chi connectivity index (χ1n) is 7.98. The summed E-state index contributed by atoms with van der Waals surface area (Å²) in [5.41, 5.74) is 2.21. The van der Waals surface area contributed by atoms with E-state index in [0.717, 1.165) is 54.7 Å². The first kappa shape index (κ1) is 15.3. The van der Waals surface area contributed by atoms with Crippen LogP contribution in [0.3, 0.4) is 0 Å². The number of furan rings is 1. The van der Waals surface area contributed by atoms with Gasteiger partial charge in [-0.15, -0.1) is 0 Å². The van der Waals surface area contributed by atoms with Crippen LogP contribution in [0.4, 0.5) is 0 Å². The van der Waals surface area contributed by atoms with Crippen LogP contribution in [-0.4, -0.2) is 34.6 Å². The smallest absolute Gasteiger partial charge is 0.124 e. The van der Waals surface area contributed by atoms with Crippen molar-refractivity contribution >= 4 is 0 Å². The molecular weight excluding hydrogens is 278 g/mol. The highest BCUT2D eigenvalue weighted by Gasteiger charge is 2.35. The maximum absolute atomic E-state index is 5.86. The summed E-state index contributed by atoms with van der Waals surface area (Å²) in [6.45, 7) is 7.92. The molecule has 0 bridgehead atoms. The Bertz CT molecular complexity index is 612. The number of nitrogens with zero attached hydrogens (tertiary/aromatic N) is 2. The van der Waals surface area contributed by atoms with Crippen molar-refractivity contribution in [3.63, 3.8) is 0 Å². The molecule has 5 heteroatoms. The van der Waals surface area contributed by atoms with Crippen LogP contribution in [0, 0.1) is 13.8 Å². The van der Waals surface area contributed by atoms with Gasteiger partial charge in [-0.2, -0.15) is 0 Å². The number of hydrogen-bond acceptors (Lipinski definition) is 4. The first-order valence-corrected chi connectivity index (χ1v) is 7.98. The molecule has 0 radical (unpaired) electrons. The van der Waals surface area contributed by atoms with Gasteiger partial charge in [0, 0.05) is 25.8 Å². The third-order valence-electron chi connectivity index (χ3n) is 4.59. The lowest BCUT2D eigenvalue weighted by Gasteiger charge is -2.21. The van der Waals surface area contributed by atoms with E-state index in [9.17, 15) is 0 Å². The number of imidazole rings is 1. The Morgan fingerprint density at radius 1 is 1.36 bits per heavy atom. The minimum absolute atomic E-state index is 0.247. The van der Waals surface area contributed by atoms with E-state index in [0.29, 0.717) is 0 Å². The molecule has 2 atom stereocenters. The molecule has 0 amide bonds. The van der Waals surface area contributed by atoms with Crippen molar-refractivity contribution in [1.82, 2.24) is 14.9 Å². The number of aromatic nitrogens is 2. The highest BCUT2D eigenvalue weighted by molar-refractivity contribution is 5.15. The van der Waals surface area contributed by atoms with Crippen LogP contribution in [0.25, 0.3) is 0 Å². The molecule has 0 saturated carbocycles. The number of ether oxygens (including phenoxy) is 1. The summed E-state index contributed by atoms with van der Waals surface area (Å²) < 4.78 is 11.4. The number of hydrogen-bond donors (Lipinski definition) is 1. The number of likely N-dealkylation sites (tertiary alicyclic amines) is 1. The van der Waals surface area contributed by atoms with Gasteiger partial charge in [0.15, 0.2) is 0 Å². The van der Waals surface area contributed by atoms with E-state index in [2.05, 4.69) is 35.9 Å². The lowest BCUT2D eigenvalue weighted by molar-refractivity contribution is 0.106. The minimum Gasteiger partial charge on any atom is -0.465 e. The SMILES string of the molecule is CCc1ccc(CN2C[C@H](OC)C[C@H]2c2nc(C)c(C)[nH]2)o1. The molecule has 1 aliphatic rings. The molecule has 2 aromatic heterocycles. The molecule has 3 heterocycles. The standard InChI is InChI=1S/C17H25N3O2/c1-5-13-6-7-14(22-13)9-20-10-15(21-4)8-16(20)17-18-11(2)12(3)19-17/h6-7,15-16H,5,8-10H2,1-4H3,(H,18,19)/t15-,16+/m1/s1. The summed E-state index contributed by atoms with van der Waals surface area (Å²) >= 11 is 0. The maximum Gasteiger partial charge on any atom is 0.124 e. The quantitative estimate of drug-likeness (QED) is 0.922. The van der Waals surface area contributed by atoms with E-state index in [1.807, 2.05) is 6.92 Å². The fourth-order valence-corrected chi connectivity index (χ4v) is 3.12. The fraction of sp³-hybridized carbons (Fsp3) is 0.588. The Kier molecular flexibility index (Phi) is 4.36. The van der Waals surface area contributed by atoms with Gasteiger partial charge < -0.3 is 14.1 Å². The number of aromatic amines is 1. The Morgan fingerprint density at radius 2 is 2.14 bits per heavy atom. The molecule has 0 spiro atoms. The highest BCUT2D eigenvalue weighted by atomic mass is 16.5. The van der Waals surface area contributed by atoms with Gasteiger partial charge in [0.1, 0.15) is 17.3 Å². The maximum atomic E-state index is 5.86. The number of aryl methyl sites for hydroxylation is 3. The molecule has 0 aromatic carbocycles. The second-order valence-electron chi connectivity index (χ2n) is 6.09. The lowest BCUT2D eigenvalue weighted by atomic mass is 10.2. The van der Waals surface area contributed by atoms with Gasteiger partial charge in [-0.25, -0.2) is 4.98 Å². The normalized spacial score (nSPS) is 22.5. The summed E-state index contributed by atoms with van der Waals surface area (Å²) in [5, 5.41) is 0. The van der Waals surface area contributed by atoms with Crippen molar-refractivity contribution in [2.75, 3.05) is 13.7 Å². The van der Waals surface area contributed by atoms with E-state index in [1.54, 1.807) is 7.11 Å². The Morgan fingerprint density at radius 3 is 2.73 bits per heavy atom. The third-order valence-corrected chi connectivity index (χ3v) is 4.59. The molecule has 1 saturated heterocycles. The van der Waals surface area contributed by atoms with Gasteiger partial charge in [-0.05, 0) is 32.4 Å². The van der Waals surface area contributed by atoms with E-state index in [1.165, 1.54) is 0 Å². The second kappa shape index (κ2) is 6.26. The number of methoxy groups -OCH3 is 1. The van der Waals surface area contributed by atoms with Gasteiger partial charge in [0.25, 0.3) is 0 Å². The first-order chi connectivity index (χ1) is 10.6. The van der Waals surface area contributed by atoms with Crippen LogP contribution in [0.2, 0.25) is 0 Å². The van der Waals surface area contributed by atoms with Crippen LogP contribution < -0.4 is 0 Å². The molecular formula is C17H25N3O2. The predicted molar refractivity (Wildman–Crippen MR) is 84.7 cm³/mol. The average molecular weight is 303 g/mol. The van der Waals surface area contributed by atoms with Gasteiger partial charge in [0.05, 0.1) is 24.4 Å². The van der Waals surface area contributed by atoms with Crippen molar-refractivity contribution in [3.8, 4) is 0 Å². The zero-order chi connectivity index (χ0) is 15.7. The molecule has 0 aliphatic carbocycles. The van der Waals surface area contributed by atoms with Crippen LogP contribution >= 0.6 is 0 Å². The summed E-state index contributed by atoms with van der Waals surface area (Å²) in [4.78, 5) is 10.5. The predicted octanol–water partition coefficient (Wildman–Crippen LogP) is 3.14. The fourth-order valence-electron chi connectivity index (χ4n) is 3.12. The average Bonchev–Trinajstić information content (AvgIpc) is 3.20. The molecule has 3 rings (SSSR count). The third kappa shape index (κ3) is 2.96. The molecule has 22 heavy (non-hydrogen) atoms. The van der Waals surface area contributed by atoms with Gasteiger partial charge in [-0.1, -0.05) is 6.92 Å². The molecule has 1 fully saturated rings. The molecule has 1 N–H and O–H groups in total. The molecule has 0 unspecified atom stereocenters. The zero-order valence-electron chi connectivity index (χ0n) is 13.8. The lowest BCUT2D eigenvalue weighted by Crippen LogP contribution is -2.25. The van der Waals surface area contributed by atoms with Gasteiger partial charge >= 0.3 is 0 Å². The van der Waals surface area contributed by atoms with Crippen molar-refractivity contribution in [2.24, 2.45) is 0 Å². The minimum atomic E-state index is 0.247. The Balaban J connectivity index is 1.79. The van der Waals surface area contributed by atoms with Crippen LogP contribution in [0.5, 0.6) is 0 Å². The monoisotopic (exact) mass is 303 g/mol. The summed E-state index contributed by atoms with van der Waals surface area (Å²) in [6, 6.07) is 4.40. The summed E-state index contributed by atoms with van der Waals surface area (Å²) in [7, 11) is 1.78. The van der Waals surface area contributed by atoms with Crippen LogP contribution in [-0.2, 0) is 17.7 Å². The van der Waals surface area contributed by atoms with Gasteiger partial charge in [-0.3, -0.25) is 4.90 Å². The van der Waals surface area contributed by atoms with Crippen LogP contribution in [0.15, 0.2) is 16.5 Å². The highest BCUT2D eigenvalue weighted by Crippen LogP contribution is 2.33. The van der Waals surface area contributed by atoms with Gasteiger partial charge in [0.2, 0.25) is 0 Å². The zero-order valence-corrected chi connectivity index (χ0v) is 13.8. The topological polar surface area (TPSA) is 54.3 Å². The summed E-state index contributed by atoms with van der Waals surface area (Å²) in [6.07, 6.45) is 2.14. The number of H-pyrrole nitrogens is 1. The molecule has 5 nitrogen and oxygen atoms in total. The Hall–Kier alpha value is -1.59. The van der Waals surface area contributed by atoms with Crippen molar-refractivity contribution in [3.05, 3.63) is 40.9 Å². The van der Waals surface area contributed by atoms with Crippen LogP contribution in [0.1, 0.15) is 48.1 Å². The Labute approximate surface area is 131 Å². The van der Waals surface area contributed by atoms with Crippen molar-refractivity contribution in [1.29, 1.82) is 0 Å². The van der Waals surface area contributed by atoms with E-state index in [-0.39, 0.29) is 12.1 Å². The largest absolute Gasteiger partial charge is 0.465 e. The van der Waals surface area contributed by atoms with E-state index >= 15 is 0 Å². The number of nitrogens with one attached hydrogen (secondary N) is 1. The molecule has 2 aromatic rings.